The van der Waals surface area contributed by atoms with Gasteiger partial charge in [-0.2, -0.15) is 0 Å². The zero-order chi connectivity index (χ0) is 20.9. The molecule has 0 spiro atoms. The van der Waals surface area contributed by atoms with Crippen LogP contribution in [-0.4, -0.2) is 53.2 Å². The summed E-state index contributed by atoms with van der Waals surface area (Å²) in [7, 11) is 2.07. The molecule has 29 heavy (non-hydrogen) atoms. The van der Waals surface area contributed by atoms with Crippen molar-refractivity contribution in [3.05, 3.63) is 54.0 Å². The minimum absolute atomic E-state index is 0.137. The zero-order valence-electron chi connectivity index (χ0n) is 16.9. The lowest BCUT2D eigenvalue weighted by atomic mass is 10.1. The third-order valence-corrected chi connectivity index (χ3v) is 4.60. The maximum Gasteiger partial charge on any atom is 0.252 e. The number of unbranched alkanes of at least 4 members (excludes halogenated alkanes) is 2. The molecule has 0 radical (unpaired) electrons. The molecule has 1 amide bonds. The number of pyridine rings is 2. The van der Waals surface area contributed by atoms with Crippen LogP contribution < -0.4 is 16.6 Å². The summed E-state index contributed by atoms with van der Waals surface area (Å²) in [6.45, 7) is 2.50. The van der Waals surface area contributed by atoms with Crippen molar-refractivity contribution >= 4 is 17.5 Å². The molecule has 8 nitrogen and oxygen atoms in total. The molecular formula is C21H30N6O2. The highest BCUT2D eigenvalue weighted by atomic mass is 16.1. The Morgan fingerprint density at radius 1 is 1.03 bits per heavy atom. The van der Waals surface area contributed by atoms with Gasteiger partial charge in [0, 0.05) is 37.1 Å². The van der Waals surface area contributed by atoms with E-state index in [1.54, 1.807) is 30.6 Å². The van der Waals surface area contributed by atoms with Crippen LogP contribution in [0.3, 0.4) is 0 Å². The SMILES string of the molecule is CN(CCCCCC(=O)c1cccnc1)CCCNC(=O)c1ccc(NN)nc1. The lowest BCUT2D eigenvalue weighted by Gasteiger charge is -2.16. The molecule has 0 saturated carbocycles. The summed E-state index contributed by atoms with van der Waals surface area (Å²) in [5.41, 5.74) is 3.63. The standard InChI is InChI=1S/C21H30N6O2/c1-27(13-4-2-3-8-19(28)17-7-5-11-23-15-17)14-6-12-24-21(29)18-9-10-20(26-22)25-16-18/h5,7,9-11,15-16H,2-4,6,8,12-14,22H2,1H3,(H,24,29)(H,25,26). The number of Topliss-reactive ketones (excluding diaryl/α,β-unsaturated/α-hetero) is 1. The van der Waals surface area contributed by atoms with E-state index in [9.17, 15) is 9.59 Å². The van der Waals surface area contributed by atoms with E-state index in [-0.39, 0.29) is 11.7 Å². The van der Waals surface area contributed by atoms with Gasteiger partial charge >= 0.3 is 0 Å². The fraction of sp³-hybridized carbons (Fsp3) is 0.429. The van der Waals surface area contributed by atoms with E-state index in [2.05, 4.69) is 32.7 Å². The maximum absolute atomic E-state index is 12.0. The van der Waals surface area contributed by atoms with Crippen molar-refractivity contribution in [2.24, 2.45) is 5.84 Å². The second-order valence-electron chi connectivity index (χ2n) is 6.96. The Morgan fingerprint density at radius 3 is 2.55 bits per heavy atom. The van der Waals surface area contributed by atoms with Crippen molar-refractivity contribution in [1.82, 2.24) is 20.2 Å². The molecule has 0 fully saturated rings. The van der Waals surface area contributed by atoms with E-state index in [4.69, 9.17) is 5.84 Å². The topological polar surface area (TPSA) is 113 Å². The maximum atomic E-state index is 12.0. The van der Waals surface area contributed by atoms with Gasteiger partial charge in [-0.25, -0.2) is 10.8 Å². The molecule has 0 saturated heterocycles. The van der Waals surface area contributed by atoms with E-state index in [1.807, 2.05) is 6.07 Å². The number of anilines is 1. The Morgan fingerprint density at radius 2 is 1.86 bits per heavy atom. The average molecular weight is 399 g/mol. The number of nitrogens with one attached hydrogen (secondary N) is 2. The molecule has 4 N–H and O–H groups in total. The molecule has 156 valence electrons. The molecule has 0 aromatic carbocycles. The number of hydrogen-bond acceptors (Lipinski definition) is 7. The summed E-state index contributed by atoms with van der Waals surface area (Å²) >= 11 is 0. The van der Waals surface area contributed by atoms with Crippen molar-refractivity contribution in [3.8, 4) is 0 Å². The molecule has 2 aromatic heterocycles. The summed E-state index contributed by atoms with van der Waals surface area (Å²) in [5.74, 6) is 5.80. The highest BCUT2D eigenvalue weighted by Gasteiger charge is 2.07. The highest BCUT2D eigenvalue weighted by Crippen LogP contribution is 2.08. The van der Waals surface area contributed by atoms with Crippen LogP contribution in [0.4, 0.5) is 5.82 Å². The van der Waals surface area contributed by atoms with Crippen LogP contribution in [0.1, 0.15) is 52.8 Å². The third kappa shape index (κ3) is 8.37. The number of hydrazine groups is 1. The molecular weight excluding hydrogens is 368 g/mol. The minimum Gasteiger partial charge on any atom is -0.352 e. The average Bonchev–Trinajstić information content (AvgIpc) is 2.76. The number of nitrogens with zero attached hydrogens (tertiary/aromatic N) is 3. The molecule has 2 aromatic rings. The van der Waals surface area contributed by atoms with Gasteiger partial charge in [-0.15, -0.1) is 0 Å². The van der Waals surface area contributed by atoms with E-state index < -0.39 is 0 Å². The lowest BCUT2D eigenvalue weighted by Crippen LogP contribution is -2.28. The van der Waals surface area contributed by atoms with Gasteiger partial charge in [0.05, 0.1) is 5.56 Å². The Balaban J connectivity index is 1.50. The molecule has 0 unspecified atom stereocenters. The molecule has 8 heteroatoms. The number of nitrogens with two attached hydrogens (primary N) is 1. The second-order valence-corrected chi connectivity index (χ2v) is 6.96. The van der Waals surface area contributed by atoms with Gasteiger partial charge in [-0.05, 0) is 63.7 Å². The Hall–Kier alpha value is -2.84. The monoisotopic (exact) mass is 398 g/mol. The fourth-order valence-electron chi connectivity index (χ4n) is 2.89. The van der Waals surface area contributed by atoms with E-state index >= 15 is 0 Å². The summed E-state index contributed by atoms with van der Waals surface area (Å²) in [4.78, 5) is 34.3. The number of carbonyl (C=O) groups is 2. The van der Waals surface area contributed by atoms with Crippen LogP contribution in [0, 0.1) is 0 Å². The first-order chi connectivity index (χ1) is 14.1. The van der Waals surface area contributed by atoms with Crippen LogP contribution in [0.5, 0.6) is 0 Å². The third-order valence-electron chi connectivity index (χ3n) is 4.60. The van der Waals surface area contributed by atoms with Crippen LogP contribution in [0.15, 0.2) is 42.9 Å². The van der Waals surface area contributed by atoms with Crippen LogP contribution in [0.25, 0.3) is 0 Å². The van der Waals surface area contributed by atoms with Crippen molar-refractivity contribution < 1.29 is 9.59 Å². The number of rotatable bonds is 13. The Kier molecular flexibility index (Phi) is 9.74. The first-order valence-electron chi connectivity index (χ1n) is 9.93. The first kappa shape index (κ1) is 22.4. The predicted molar refractivity (Wildman–Crippen MR) is 114 cm³/mol. The molecule has 0 bridgehead atoms. The number of nitrogen functional groups attached to an aromatic ring is 1. The van der Waals surface area contributed by atoms with Gasteiger partial charge in [-0.3, -0.25) is 14.6 Å². The Bertz CT molecular complexity index is 752. The zero-order valence-corrected chi connectivity index (χ0v) is 16.9. The molecule has 0 aliphatic rings. The van der Waals surface area contributed by atoms with Crippen LogP contribution in [-0.2, 0) is 0 Å². The summed E-state index contributed by atoms with van der Waals surface area (Å²) in [6.07, 6.45) is 9.20. The van der Waals surface area contributed by atoms with Crippen molar-refractivity contribution in [3.63, 3.8) is 0 Å². The van der Waals surface area contributed by atoms with Gasteiger partial charge in [0.25, 0.3) is 5.91 Å². The number of amides is 1. The molecule has 2 rings (SSSR count). The number of aromatic nitrogens is 2. The van der Waals surface area contributed by atoms with Crippen molar-refractivity contribution in [2.75, 3.05) is 32.1 Å². The summed E-state index contributed by atoms with van der Waals surface area (Å²) < 4.78 is 0. The largest absolute Gasteiger partial charge is 0.352 e. The predicted octanol–water partition coefficient (Wildman–Crippen LogP) is 2.26. The highest BCUT2D eigenvalue weighted by molar-refractivity contribution is 5.95. The van der Waals surface area contributed by atoms with Gasteiger partial charge in [0.1, 0.15) is 5.82 Å². The number of carbonyl (C=O) groups excluding carboxylic acids is 2. The van der Waals surface area contributed by atoms with Crippen LogP contribution in [0.2, 0.25) is 0 Å². The van der Waals surface area contributed by atoms with E-state index in [0.717, 1.165) is 38.8 Å². The molecule has 0 atom stereocenters. The lowest BCUT2D eigenvalue weighted by molar-refractivity contribution is 0.0949. The molecule has 0 aliphatic heterocycles. The minimum atomic E-state index is -0.137. The summed E-state index contributed by atoms with van der Waals surface area (Å²) in [6, 6.07) is 6.94. The van der Waals surface area contributed by atoms with Crippen molar-refractivity contribution in [2.45, 2.75) is 32.1 Å². The van der Waals surface area contributed by atoms with Gasteiger partial charge in [0.2, 0.25) is 0 Å². The molecule has 0 aliphatic carbocycles. The normalized spacial score (nSPS) is 10.7. The molecule has 2 heterocycles. The van der Waals surface area contributed by atoms with Gasteiger partial charge in [0.15, 0.2) is 5.78 Å². The van der Waals surface area contributed by atoms with Gasteiger partial charge in [-0.1, -0.05) is 6.42 Å². The second kappa shape index (κ2) is 12.6. The van der Waals surface area contributed by atoms with Crippen LogP contribution >= 0.6 is 0 Å². The number of hydrogen-bond donors (Lipinski definition) is 3. The van der Waals surface area contributed by atoms with Crippen molar-refractivity contribution in [1.29, 1.82) is 0 Å². The van der Waals surface area contributed by atoms with E-state index in [0.29, 0.717) is 29.9 Å². The number of ketones is 1. The summed E-state index contributed by atoms with van der Waals surface area (Å²) in [5, 5.41) is 2.90. The smallest absolute Gasteiger partial charge is 0.252 e. The quantitative estimate of drug-likeness (QED) is 0.205. The van der Waals surface area contributed by atoms with Gasteiger partial charge < -0.3 is 15.6 Å². The van der Waals surface area contributed by atoms with E-state index in [1.165, 1.54) is 6.20 Å². The Labute approximate surface area is 171 Å². The fourth-order valence-corrected chi connectivity index (χ4v) is 2.89. The first-order valence-corrected chi connectivity index (χ1v) is 9.93.